The van der Waals surface area contributed by atoms with E-state index in [9.17, 15) is 19.2 Å². The van der Waals surface area contributed by atoms with Crippen LogP contribution in [0.25, 0.3) is 0 Å². The SMILES string of the molecule is COc1cccc(OC)c1C(=O)C(=O)OC(=O)C(=O)c1c(OC)cccc1OC. The third kappa shape index (κ3) is 4.34. The van der Waals surface area contributed by atoms with Gasteiger partial charge in [0.2, 0.25) is 0 Å². The van der Waals surface area contributed by atoms with E-state index in [1.807, 2.05) is 0 Å². The first kappa shape index (κ1) is 21.4. The molecule has 0 bridgehead atoms. The van der Waals surface area contributed by atoms with E-state index < -0.39 is 23.5 Å². The fourth-order valence-electron chi connectivity index (χ4n) is 2.53. The summed E-state index contributed by atoms with van der Waals surface area (Å²) >= 11 is 0. The molecule has 0 aliphatic carbocycles. The summed E-state index contributed by atoms with van der Waals surface area (Å²) in [5.41, 5.74) is -0.477. The zero-order chi connectivity index (χ0) is 21.6. The number of rotatable bonds is 8. The smallest absolute Gasteiger partial charge is 0.387 e. The highest BCUT2D eigenvalue weighted by molar-refractivity contribution is 6.49. The molecule has 0 spiro atoms. The van der Waals surface area contributed by atoms with Crippen LogP contribution in [-0.4, -0.2) is 51.9 Å². The fraction of sp³-hybridized carbons (Fsp3) is 0.200. The lowest BCUT2D eigenvalue weighted by molar-refractivity contribution is -0.152. The van der Waals surface area contributed by atoms with Gasteiger partial charge in [0, 0.05) is 0 Å². The average molecular weight is 402 g/mol. The molecule has 0 amide bonds. The number of ketones is 2. The predicted molar refractivity (Wildman–Crippen MR) is 98.9 cm³/mol. The van der Waals surface area contributed by atoms with Crippen LogP contribution in [0.15, 0.2) is 36.4 Å². The molecule has 29 heavy (non-hydrogen) atoms. The Morgan fingerprint density at radius 3 is 1.07 bits per heavy atom. The van der Waals surface area contributed by atoms with Crippen LogP contribution in [0.4, 0.5) is 0 Å². The lowest BCUT2D eigenvalue weighted by Crippen LogP contribution is -2.27. The molecule has 0 atom stereocenters. The van der Waals surface area contributed by atoms with Crippen molar-refractivity contribution in [3.05, 3.63) is 47.5 Å². The molecule has 0 aliphatic heterocycles. The minimum Gasteiger partial charge on any atom is -0.496 e. The number of carbonyl (C=O) groups is 4. The van der Waals surface area contributed by atoms with Gasteiger partial charge in [-0.3, -0.25) is 9.59 Å². The number of carbonyl (C=O) groups excluding carboxylic acids is 4. The molecule has 0 radical (unpaired) electrons. The molecule has 0 heterocycles. The van der Waals surface area contributed by atoms with Crippen LogP contribution < -0.4 is 18.9 Å². The normalized spacial score (nSPS) is 9.93. The van der Waals surface area contributed by atoms with E-state index in [1.165, 1.54) is 52.7 Å². The fourth-order valence-corrected chi connectivity index (χ4v) is 2.53. The van der Waals surface area contributed by atoms with Gasteiger partial charge in [0.1, 0.15) is 34.1 Å². The molecule has 9 heteroatoms. The standard InChI is InChI=1S/C20H18O9/c1-25-11-7-5-8-12(26-2)15(11)17(21)19(23)29-20(24)18(22)16-13(27-3)9-6-10-14(16)28-4/h5-10H,1-4H3. The maximum atomic E-state index is 12.5. The quantitative estimate of drug-likeness (QED) is 0.282. The zero-order valence-electron chi connectivity index (χ0n) is 16.1. The number of ether oxygens (including phenoxy) is 5. The van der Waals surface area contributed by atoms with Gasteiger partial charge >= 0.3 is 11.9 Å². The summed E-state index contributed by atoms with van der Waals surface area (Å²) in [5, 5.41) is 0. The monoisotopic (exact) mass is 402 g/mol. The first-order chi connectivity index (χ1) is 13.9. The van der Waals surface area contributed by atoms with Crippen LogP contribution in [0.3, 0.4) is 0 Å². The predicted octanol–water partition coefficient (Wildman–Crippen LogP) is 1.86. The van der Waals surface area contributed by atoms with Gasteiger partial charge in [-0.05, 0) is 24.3 Å². The van der Waals surface area contributed by atoms with E-state index in [-0.39, 0.29) is 34.1 Å². The van der Waals surface area contributed by atoms with Crippen molar-refractivity contribution >= 4 is 23.5 Å². The third-order valence-electron chi connectivity index (χ3n) is 3.87. The van der Waals surface area contributed by atoms with Crippen molar-refractivity contribution < 1.29 is 42.9 Å². The second-order valence-corrected chi connectivity index (χ2v) is 5.41. The van der Waals surface area contributed by atoms with E-state index >= 15 is 0 Å². The van der Waals surface area contributed by atoms with Gasteiger partial charge in [0.15, 0.2) is 0 Å². The van der Waals surface area contributed by atoms with Crippen LogP contribution in [0.2, 0.25) is 0 Å². The minimum atomic E-state index is -1.57. The maximum Gasteiger partial charge on any atom is 0.387 e. The van der Waals surface area contributed by atoms with Gasteiger partial charge in [-0.2, -0.15) is 0 Å². The Labute approximate surface area is 166 Å². The molecule has 2 rings (SSSR count). The van der Waals surface area contributed by atoms with Crippen LogP contribution in [0.1, 0.15) is 20.7 Å². The maximum absolute atomic E-state index is 12.5. The van der Waals surface area contributed by atoms with Crippen molar-refractivity contribution in [2.24, 2.45) is 0 Å². The van der Waals surface area contributed by atoms with Gasteiger partial charge in [0.25, 0.3) is 11.6 Å². The second-order valence-electron chi connectivity index (χ2n) is 5.41. The highest BCUT2D eigenvalue weighted by Crippen LogP contribution is 2.30. The molecule has 0 aliphatic rings. The molecule has 0 saturated heterocycles. The van der Waals surface area contributed by atoms with Gasteiger partial charge in [-0.25, -0.2) is 9.59 Å². The molecule has 0 unspecified atom stereocenters. The van der Waals surface area contributed by atoms with E-state index in [0.717, 1.165) is 0 Å². The number of hydrogen-bond donors (Lipinski definition) is 0. The lowest BCUT2D eigenvalue weighted by atomic mass is 10.1. The second kappa shape index (κ2) is 9.36. The van der Waals surface area contributed by atoms with Crippen LogP contribution >= 0.6 is 0 Å². The molecule has 0 N–H and O–H groups in total. The highest BCUT2D eigenvalue weighted by atomic mass is 16.6. The average Bonchev–Trinajstić information content (AvgIpc) is 2.76. The first-order valence-electron chi connectivity index (χ1n) is 8.16. The molecular weight excluding hydrogens is 384 g/mol. The molecule has 2 aromatic carbocycles. The lowest BCUT2D eigenvalue weighted by Gasteiger charge is -2.12. The summed E-state index contributed by atoms with van der Waals surface area (Å²) in [4.78, 5) is 49.4. The molecule has 9 nitrogen and oxygen atoms in total. The Bertz CT molecular complexity index is 840. The Balaban J connectivity index is 2.30. The summed E-state index contributed by atoms with van der Waals surface area (Å²) in [7, 11) is 5.16. The van der Waals surface area contributed by atoms with Crippen LogP contribution in [0.5, 0.6) is 23.0 Å². The molecule has 2 aromatic rings. The molecule has 0 aromatic heterocycles. The largest absolute Gasteiger partial charge is 0.496 e. The summed E-state index contributed by atoms with van der Waals surface area (Å²) in [6.45, 7) is 0. The van der Waals surface area contributed by atoms with Crippen molar-refractivity contribution in [2.75, 3.05) is 28.4 Å². The third-order valence-corrected chi connectivity index (χ3v) is 3.87. The Kier molecular flexibility index (Phi) is 6.91. The van der Waals surface area contributed by atoms with Crippen molar-refractivity contribution in [1.29, 1.82) is 0 Å². The topological polar surface area (TPSA) is 114 Å². The van der Waals surface area contributed by atoms with Crippen molar-refractivity contribution in [1.82, 2.24) is 0 Å². The van der Waals surface area contributed by atoms with Gasteiger partial charge < -0.3 is 23.7 Å². The number of benzene rings is 2. The molecular formula is C20H18O9. The highest BCUT2D eigenvalue weighted by Gasteiger charge is 2.32. The number of methoxy groups -OCH3 is 4. The van der Waals surface area contributed by atoms with Crippen LogP contribution in [0, 0.1) is 0 Å². The summed E-state index contributed by atoms with van der Waals surface area (Å²) in [5.74, 6) is -5.42. The minimum absolute atomic E-state index is 0.0384. The van der Waals surface area contributed by atoms with Gasteiger partial charge in [0.05, 0.1) is 28.4 Å². The Morgan fingerprint density at radius 1 is 0.552 bits per heavy atom. The number of hydrogen-bond acceptors (Lipinski definition) is 9. The summed E-state index contributed by atoms with van der Waals surface area (Å²) < 4.78 is 24.7. The number of Topliss-reactive ketones (excluding diaryl/α,β-unsaturated/α-hetero) is 2. The van der Waals surface area contributed by atoms with Crippen LogP contribution in [-0.2, 0) is 14.3 Å². The van der Waals surface area contributed by atoms with E-state index in [1.54, 1.807) is 12.1 Å². The summed E-state index contributed by atoms with van der Waals surface area (Å²) in [6, 6.07) is 8.79. The summed E-state index contributed by atoms with van der Waals surface area (Å²) in [6.07, 6.45) is 0. The molecule has 0 saturated carbocycles. The van der Waals surface area contributed by atoms with E-state index in [0.29, 0.717) is 0 Å². The molecule has 152 valence electrons. The number of esters is 2. The van der Waals surface area contributed by atoms with Crippen molar-refractivity contribution in [3.63, 3.8) is 0 Å². The Hall–Kier alpha value is -3.88. The zero-order valence-corrected chi connectivity index (χ0v) is 16.1. The first-order valence-corrected chi connectivity index (χ1v) is 8.16. The van der Waals surface area contributed by atoms with Crippen molar-refractivity contribution in [2.45, 2.75) is 0 Å². The van der Waals surface area contributed by atoms with E-state index in [2.05, 4.69) is 4.74 Å². The van der Waals surface area contributed by atoms with Gasteiger partial charge in [-0.15, -0.1) is 0 Å². The van der Waals surface area contributed by atoms with Crippen molar-refractivity contribution in [3.8, 4) is 23.0 Å². The van der Waals surface area contributed by atoms with E-state index in [4.69, 9.17) is 18.9 Å². The molecule has 0 fully saturated rings. The Morgan fingerprint density at radius 2 is 0.828 bits per heavy atom. The van der Waals surface area contributed by atoms with Gasteiger partial charge in [-0.1, -0.05) is 12.1 Å².